The predicted molar refractivity (Wildman–Crippen MR) is 304 cm³/mol. The molecule has 0 aliphatic rings. The molecule has 0 spiro atoms. The summed E-state index contributed by atoms with van der Waals surface area (Å²) in [5.74, 6) is 0.623. The zero-order chi connectivity index (χ0) is 50.1. The Kier molecular flexibility index (Phi) is 9.85. The SMILES string of the molecule is [C-]#[N+]c1ccc2c(c1)c1cc(C#N)ccc1n2-c1ccc2c(c1)c1cc(-n3c4ccccc4c4ccccc43)ccc1n2-c1ccc(-c2ccc(-c3cc(-c4ccccc4)nc(-c4ccccc4)n3)cc2[N+]#[C-])cc1. The lowest BCUT2D eigenvalue weighted by atomic mass is 9.99. The third-order valence-corrected chi connectivity index (χ3v) is 14.5. The van der Waals surface area contributed by atoms with Gasteiger partial charge >= 0.3 is 0 Å². The number of rotatable bonds is 7. The van der Waals surface area contributed by atoms with Crippen molar-refractivity contribution in [3.05, 3.63) is 259 Å². The minimum Gasteiger partial charge on any atom is -0.309 e. The van der Waals surface area contributed by atoms with Crippen molar-refractivity contribution >= 4 is 76.8 Å². The maximum absolute atomic E-state index is 9.91. The van der Waals surface area contributed by atoms with Crippen LogP contribution in [0.3, 0.4) is 0 Å². The summed E-state index contributed by atoms with van der Waals surface area (Å²) in [5.41, 5.74) is 17.0. The fourth-order valence-electron chi connectivity index (χ4n) is 11.1. The van der Waals surface area contributed by atoms with E-state index in [9.17, 15) is 5.26 Å². The van der Waals surface area contributed by atoms with E-state index in [4.69, 9.17) is 23.1 Å². The highest BCUT2D eigenvalue weighted by Crippen LogP contribution is 2.42. The Bertz CT molecular complexity index is 4610. The van der Waals surface area contributed by atoms with Gasteiger partial charge in [-0.1, -0.05) is 127 Å². The first-order valence-electron chi connectivity index (χ1n) is 24.6. The minimum atomic E-state index is 0.530. The predicted octanol–water partition coefficient (Wildman–Crippen LogP) is 17.4. The quantitative estimate of drug-likeness (QED) is 0.149. The first-order chi connectivity index (χ1) is 37.0. The molecule has 0 fully saturated rings. The monoisotopic (exact) mass is 954 g/mol. The van der Waals surface area contributed by atoms with Gasteiger partial charge in [-0.05, 0) is 125 Å². The fourth-order valence-corrected chi connectivity index (χ4v) is 11.1. The smallest absolute Gasteiger partial charge is 0.195 e. The van der Waals surface area contributed by atoms with Crippen LogP contribution < -0.4 is 0 Å². The van der Waals surface area contributed by atoms with Crippen LogP contribution in [0.25, 0.3) is 137 Å². The standard InChI is InChI=1S/C67H38N8/c1-69-47-25-32-64-55(37-47)54-35-42(41-68)21-31-63(54)75(64)50-29-34-66-57(39-50)56-38-49(74-61-19-11-9-17-52(61)53-18-10-12-20-62(53)74)28-33-65(56)73(66)48-26-22-43(23-27-48)51-30-24-46(36-60(51)70-2)59-40-58(44-13-5-3-6-14-44)71-67(72-59)45-15-7-4-8-16-45/h3-40H. The number of hydrogen-bond donors (Lipinski definition) is 0. The van der Waals surface area contributed by atoms with Crippen LogP contribution in [-0.4, -0.2) is 23.7 Å². The van der Waals surface area contributed by atoms with Gasteiger partial charge in [0.15, 0.2) is 17.2 Å². The number of hydrogen-bond acceptors (Lipinski definition) is 3. The normalized spacial score (nSPS) is 11.4. The second-order valence-corrected chi connectivity index (χ2v) is 18.7. The van der Waals surface area contributed by atoms with Gasteiger partial charge in [-0.3, -0.25) is 0 Å². The molecule has 0 saturated heterocycles. The third-order valence-electron chi connectivity index (χ3n) is 14.5. The van der Waals surface area contributed by atoms with Crippen molar-refractivity contribution in [1.82, 2.24) is 23.7 Å². The topological polar surface area (TPSA) is 73.1 Å². The van der Waals surface area contributed by atoms with E-state index in [-0.39, 0.29) is 0 Å². The van der Waals surface area contributed by atoms with Crippen LogP contribution in [-0.2, 0) is 0 Å². The van der Waals surface area contributed by atoms with Crippen molar-refractivity contribution in [2.75, 3.05) is 0 Å². The summed E-state index contributed by atoms with van der Waals surface area (Å²) in [6.45, 7) is 16.2. The fraction of sp³-hybridized carbons (Fsp3) is 0. The molecule has 8 nitrogen and oxygen atoms in total. The molecule has 0 amide bonds. The molecule has 0 aliphatic carbocycles. The molecule has 0 saturated carbocycles. The van der Waals surface area contributed by atoms with E-state index in [0.29, 0.717) is 22.8 Å². The summed E-state index contributed by atoms with van der Waals surface area (Å²) < 4.78 is 6.92. The molecule has 0 aliphatic heterocycles. The summed E-state index contributed by atoms with van der Waals surface area (Å²) in [7, 11) is 0. The van der Waals surface area contributed by atoms with Gasteiger partial charge in [0.2, 0.25) is 0 Å². The van der Waals surface area contributed by atoms with E-state index < -0.39 is 0 Å². The lowest BCUT2D eigenvalue weighted by Gasteiger charge is -2.13. The van der Waals surface area contributed by atoms with Gasteiger partial charge in [-0.25, -0.2) is 19.7 Å². The van der Waals surface area contributed by atoms with E-state index >= 15 is 0 Å². The van der Waals surface area contributed by atoms with Crippen LogP contribution >= 0.6 is 0 Å². The van der Waals surface area contributed by atoms with Crippen molar-refractivity contribution in [2.45, 2.75) is 0 Å². The Morgan fingerprint density at radius 2 is 0.840 bits per heavy atom. The molecule has 10 aromatic carbocycles. The summed E-state index contributed by atoms with van der Waals surface area (Å²) >= 11 is 0. The molecule has 75 heavy (non-hydrogen) atoms. The summed E-state index contributed by atoms with van der Waals surface area (Å²) in [6.07, 6.45) is 0. The van der Waals surface area contributed by atoms with Gasteiger partial charge in [0, 0.05) is 55.1 Å². The van der Waals surface area contributed by atoms with Crippen molar-refractivity contribution in [2.24, 2.45) is 0 Å². The molecule has 346 valence electrons. The highest BCUT2D eigenvalue weighted by atomic mass is 15.0. The Morgan fingerprint density at radius 3 is 1.44 bits per heavy atom. The van der Waals surface area contributed by atoms with Crippen molar-refractivity contribution in [3.63, 3.8) is 0 Å². The Morgan fingerprint density at radius 1 is 0.360 bits per heavy atom. The van der Waals surface area contributed by atoms with E-state index in [2.05, 4.69) is 139 Å². The van der Waals surface area contributed by atoms with Gasteiger partial charge in [-0.15, -0.1) is 0 Å². The van der Waals surface area contributed by atoms with Crippen molar-refractivity contribution < 1.29 is 0 Å². The average Bonchev–Trinajstić information content (AvgIpc) is 4.13. The Hall–Kier alpha value is -10.9. The van der Waals surface area contributed by atoms with Crippen LogP contribution in [0.4, 0.5) is 11.4 Å². The molecule has 0 bridgehead atoms. The number of para-hydroxylation sites is 2. The van der Waals surface area contributed by atoms with Crippen LogP contribution in [0, 0.1) is 24.5 Å². The van der Waals surface area contributed by atoms with Gasteiger partial charge < -0.3 is 13.7 Å². The second kappa shape index (κ2) is 17.2. The number of aromatic nitrogens is 5. The number of benzene rings is 10. The molecule has 4 aromatic heterocycles. The Labute approximate surface area is 430 Å². The molecule has 14 rings (SSSR count). The number of nitrogens with zero attached hydrogens (tertiary/aromatic N) is 8. The van der Waals surface area contributed by atoms with Crippen LogP contribution in [0.2, 0.25) is 0 Å². The van der Waals surface area contributed by atoms with Gasteiger partial charge in [0.05, 0.1) is 69.3 Å². The molecule has 4 heterocycles. The maximum atomic E-state index is 9.91. The summed E-state index contributed by atoms with van der Waals surface area (Å²) in [6, 6.07) is 81.0. The van der Waals surface area contributed by atoms with Gasteiger partial charge in [-0.2, -0.15) is 5.26 Å². The Balaban J connectivity index is 0.919. The van der Waals surface area contributed by atoms with E-state index in [1.54, 1.807) is 0 Å². The lowest BCUT2D eigenvalue weighted by Crippen LogP contribution is -1.96. The molecule has 0 atom stereocenters. The molecule has 8 heteroatoms. The van der Waals surface area contributed by atoms with E-state index in [0.717, 1.165) is 111 Å². The first-order valence-corrected chi connectivity index (χ1v) is 24.6. The zero-order valence-corrected chi connectivity index (χ0v) is 40.0. The largest absolute Gasteiger partial charge is 0.309 e. The van der Waals surface area contributed by atoms with Gasteiger partial charge in [0.25, 0.3) is 0 Å². The van der Waals surface area contributed by atoms with Crippen LogP contribution in [0.15, 0.2) is 231 Å². The summed E-state index contributed by atoms with van der Waals surface area (Å²) in [5, 5.41) is 16.3. The van der Waals surface area contributed by atoms with E-state index in [1.807, 2.05) is 121 Å². The molecular formula is C67H38N8. The molecule has 0 unspecified atom stereocenters. The second-order valence-electron chi connectivity index (χ2n) is 18.7. The lowest BCUT2D eigenvalue weighted by molar-refractivity contribution is 1.16. The molecule has 0 N–H and O–H groups in total. The minimum absolute atomic E-state index is 0.530. The zero-order valence-electron chi connectivity index (χ0n) is 40.0. The number of nitriles is 1. The van der Waals surface area contributed by atoms with Crippen molar-refractivity contribution in [1.29, 1.82) is 5.26 Å². The maximum Gasteiger partial charge on any atom is 0.195 e. The summed E-state index contributed by atoms with van der Waals surface area (Å²) in [4.78, 5) is 17.8. The molecular weight excluding hydrogens is 917 g/mol. The average molecular weight is 955 g/mol. The third kappa shape index (κ3) is 6.96. The van der Waals surface area contributed by atoms with Crippen LogP contribution in [0.5, 0.6) is 0 Å². The molecule has 0 radical (unpaired) electrons. The van der Waals surface area contributed by atoms with Gasteiger partial charge in [0.1, 0.15) is 0 Å². The first kappa shape index (κ1) is 43.0. The molecule has 14 aromatic rings. The highest BCUT2D eigenvalue weighted by molar-refractivity contribution is 6.14. The van der Waals surface area contributed by atoms with Crippen LogP contribution in [0.1, 0.15) is 5.56 Å². The van der Waals surface area contributed by atoms with Crippen molar-refractivity contribution in [3.8, 4) is 68.2 Å². The number of fused-ring (bicyclic) bond motifs is 9. The van der Waals surface area contributed by atoms with E-state index in [1.165, 1.54) is 10.8 Å². The highest BCUT2D eigenvalue weighted by Gasteiger charge is 2.21.